The second-order valence-electron chi connectivity index (χ2n) is 3.28. The average molecular weight is 196 g/mol. The molecule has 0 spiro atoms. The third kappa shape index (κ3) is 1.36. The first-order valence-electron chi connectivity index (χ1n) is 4.65. The molecule has 0 saturated heterocycles. The van der Waals surface area contributed by atoms with E-state index in [0.29, 0.717) is 0 Å². The van der Waals surface area contributed by atoms with Gasteiger partial charge in [0.1, 0.15) is 5.69 Å². The van der Waals surface area contributed by atoms with Gasteiger partial charge in [0.15, 0.2) is 0 Å². The van der Waals surface area contributed by atoms with E-state index in [4.69, 9.17) is 0 Å². The fourth-order valence-corrected chi connectivity index (χ4v) is 1.55. The lowest BCUT2D eigenvalue weighted by Gasteiger charge is -1.98. The van der Waals surface area contributed by atoms with Crippen LogP contribution < -0.4 is 0 Å². The van der Waals surface area contributed by atoms with Gasteiger partial charge in [0.05, 0.1) is 11.9 Å². The molecule has 0 bridgehead atoms. The minimum atomic E-state index is 0.765. The molecule has 0 atom stereocenters. The zero-order valence-electron chi connectivity index (χ0n) is 7.88. The first-order valence-corrected chi connectivity index (χ1v) is 4.65. The number of pyridine rings is 1. The van der Waals surface area contributed by atoms with E-state index in [0.717, 1.165) is 22.2 Å². The van der Waals surface area contributed by atoms with Gasteiger partial charge in [-0.3, -0.25) is 10.1 Å². The lowest BCUT2D eigenvalue weighted by atomic mass is 10.1. The number of aromatic amines is 1. The van der Waals surface area contributed by atoms with Crippen molar-refractivity contribution in [2.75, 3.05) is 0 Å². The molecular weight excluding hydrogens is 188 g/mol. The van der Waals surface area contributed by atoms with Crippen LogP contribution in [0.1, 0.15) is 0 Å². The van der Waals surface area contributed by atoms with Crippen LogP contribution in [0.5, 0.6) is 0 Å². The Bertz CT molecular complexity index is 586. The lowest BCUT2D eigenvalue weighted by molar-refractivity contribution is 0.941. The van der Waals surface area contributed by atoms with E-state index in [1.54, 1.807) is 6.20 Å². The highest BCUT2D eigenvalue weighted by Gasteiger charge is 2.02. The predicted molar refractivity (Wildman–Crippen MR) is 57.1 cm³/mol. The molecule has 0 aliphatic rings. The third-order valence-corrected chi connectivity index (χ3v) is 2.31. The summed E-state index contributed by atoms with van der Waals surface area (Å²) in [7, 11) is 0. The van der Waals surface area contributed by atoms with Gasteiger partial charge >= 0.3 is 0 Å². The molecule has 3 rings (SSSR count). The van der Waals surface area contributed by atoms with Crippen LogP contribution >= 0.6 is 0 Å². The molecule has 15 heavy (non-hydrogen) atoms. The molecule has 0 amide bonds. The molecule has 0 fully saturated rings. The number of aromatic nitrogens is 4. The van der Waals surface area contributed by atoms with Gasteiger partial charge in [-0.15, -0.1) is 5.10 Å². The summed E-state index contributed by atoms with van der Waals surface area (Å²) in [6.45, 7) is 0. The van der Waals surface area contributed by atoms with E-state index in [1.807, 2.05) is 30.5 Å². The summed E-state index contributed by atoms with van der Waals surface area (Å²) in [4.78, 5) is 4.33. The summed E-state index contributed by atoms with van der Waals surface area (Å²) in [5.41, 5.74) is 1.60. The molecule has 1 aromatic carbocycles. The van der Waals surface area contributed by atoms with Gasteiger partial charge in [0.2, 0.25) is 0 Å². The predicted octanol–water partition coefficient (Wildman–Crippen LogP) is 2.02. The van der Waals surface area contributed by atoms with Gasteiger partial charge in [-0.05, 0) is 11.5 Å². The van der Waals surface area contributed by atoms with Crippen LogP contribution in [0.25, 0.3) is 22.2 Å². The van der Waals surface area contributed by atoms with Crippen LogP contribution in [-0.4, -0.2) is 20.4 Å². The summed E-state index contributed by atoms with van der Waals surface area (Å²) in [5, 5.41) is 12.6. The molecule has 3 aromatic rings. The van der Waals surface area contributed by atoms with Gasteiger partial charge in [-0.2, -0.15) is 0 Å². The van der Waals surface area contributed by atoms with Crippen LogP contribution in [0.3, 0.4) is 0 Å². The van der Waals surface area contributed by atoms with E-state index < -0.39 is 0 Å². The van der Waals surface area contributed by atoms with Crippen molar-refractivity contribution in [3.63, 3.8) is 0 Å². The zero-order chi connectivity index (χ0) is 10.1. The Morgan fingerprint density at radius 2 is 1.87 bits per heavy atom. The Morgan fingerprint density at radius 1 is 1.00 bits per heavy atom. The van der Waals surface area contributed by atoms with E-state index in [9.17, 15) is 0 Å². The number of fused-ring (bicyclic) bond motifs is 1. The van der Waals surface area contributed by atoms with Crippen molar-refractivity contribution in [3.8, 4) is 11.4 Å². The van der Waals surface area contributed by atoms with Crippen molar-refractivity contribution in [2.24, 2.45) is 0 Å². The number of hydrogen-bond donors (Lipinski definition) is 1. The Labute approximate surface area is 86.0 Å². The van der Waals surface area contributed by atoms with E-state index >= 15 is 0 Å². The van der Waals surface area contributed by atoms with Crippen LogP contribution in [0, 0.1) is 0 Å². The number of benzene rings is 1. The van der Waals surface area contributed by atoms with Gasteiger partial charge in [0.25, 0.3) is 0 Å². The van der Waals surface area contributed by atoms with Crippen LogP contribution in [0.15, 0.2) is 42.7 Å². The van der Waals surface area contributed by atoms with Crippen molar-refractivity contribution >= 4 is 10.8 Å². The van der Waals surface area contributed by atoms with E-state index in [-0.39, 0.29) is 0 Å². The molecule has 0 radical (unpaired) electrons. The van der Waals surface area contributed by atoms with Crippen molar-refractivity contribution in [2.45, 2.75) is 0 Å². The molecule has 0 unspecified atom stereocenters. The van der Waals surface area contributed by atoms with Crippen LogP contribution in [-0.2, 0) is 0 Å². The Kier molecular flexibility index (Phi) is 1.71. The highest BCUT2D eigenvalue weighted by molar-refractivity contribution is 5.84. The molecule has 4 nitrogen and oxygen atoms in total. The standard InChI is InChI=1S/C11H8N4/c1-2-4-9-6-12-10(5-8(9)3-1)11-7-13-15-14-11/h1-7H,(H,13,14,15). The van der Waals surface area contributed by atoms with Crippen LogP contribution in [0.2, 0.25) is 0 Å². The molecule has 72 valence electrons. The number of nitrogens with one attached hydrogen (secondary N) is 1. The molecule has 4 heteroatoms. The lowest BCUT2D eigenvalue weighted by Crippen LogP contribution is -1.84. The highest BCUT2D eigenvalue weighted by Crippen LogP contribution is 2.18. The first kappa shape index (κ1) is 8.11. The summed E-state index contributed by atoms with van der Waals surface area (Å²) in [5.74, 6) is 0. The van der Waals surface area contributed by atoms with Crippen molar-refractivity contribution in [1.29, 1.82) is 0 Å². The third-order valence-electron chi connectivity index (χ3n) is 2.31. The van der Waals surface area contributed by atoms with Gasteiger partial charge in [0, 0.05) is 11.6 Å². The minimum absolute atomic E-state index is 0.765. The second kappa shape index (κ2) is 3.16. The quantitative estimate of drug-likeness (QED) is 0.647. The fraction of sp³-hybridized carbons (Fsp3) is 0. The summed E-state index contributed by atoms with van der Waals surface area (Å²) < 4.78 is 0. The SMILES string of the molecule is c1ccc2cc(-c3c[nH]nn3)ncc2c1. The Morgan fingerprint density at radius 3 is 2.67 bits per heavy atom. The zero-order valence-corrected chi connectivity index (χ0v) is 7.88. The average Bonchev–Trinajstić information content (AvgIpc) is 2.82. The van der Waals surface area contributed by atoms with E-state index in [1.165, 1.54) is 0 Å². The Balaban J connectivity index is 2.22. The van der Waals surface area contributed by atoms with Crippen LogP contribution in [0.4, 0.5) is 0 Å². The van der Waals surface area contributed by atoms with Crippen molar-refractivity contribution < 1.29 is 0 Å². The largest absolute Gasteiger partial charge is 0.265 e. The molecule has 2 heterocycles. The number of rotatable bonds is 1. The maximum absolute atomic E-state index is 4.33. The minimum Gasteiger partial charge on any atom is -0.265 e. The van der Waals surface area contributed by atoms with Crippen molar-refractivity contribution in [3.05, 3.63) is 42.7 Å². The fourth-order valence-electron chi connectivity index (χ4n) is 1.55. The first-order chi connectivity index (χ1) is 7.43. The molecule has 0 aliphatic heterocycles. The van der Waals surface area contributed by atoms with Gasteiger partial charge in [-0.1, -0.05) is 29.5 Å². The molecule has 0 aliphatic carbocycles. The maximum atomic E-state index is 4.33. The number of H-pyrrole nitrogens is 1. The normalized spacial score (nSPS) is 10.7. The molecule has 2 aromatic heterocycles. The molecule has 0 saturated carbocycles. The summed E-state index contributed by atoms with van der Waals surface area (Å²) in [6, 6.07) is 10.1. The number of hydrogen-bond acceptors (Lipinski definition) is 3. The van der Waals surface area contributed by atoms with E-state index in [2.05, 4.69) is 26.5 Å². The summed E-state index contributed by atoms with van der Waals surface area (Å²) >= 11 is 0. The van der Waals surface area contributed by atoms with Gasteiger partial charge in [-0.25, -0.2) is 0 Å². The van der Waals surface area contributed by atoms with Gasteiger partial charge < -0.3 is 0 Å². The topological polar surface area (TPSA) is 54.5 Å². The summed E-state index contributed by atoms with van der Waals surface area (Å²) in [6.07, 6.45) is 3.58. The maximum Gasteiger partial charge on any atom is 0.131 e. The monoisotopic (exact) mass is 196 g/mol. The second-order valence-corrected chi connectivity index (χ2v) is 3.28. The highest BCUT2D eigenvalue weighted by atomic mass is 15.3. The van der Waals surface area contributed by atoms with Crippen molar-refractivity contribution in [1.82, 2.24) is 20.4 Å². The molecule has 1 N–H and O–H groups in total. The molecular formula is C11H8N4. The Hall–Kier alpha value is -2.23. The smallest absolute Gasteiger partial charge is 0.131 e. The number of nitrogens with zero attached hydrogens (tertiary/aromatic N) is 3.